The molecule has 3 nitrogen and oxygen atoms in total. The van der Waals surface area contributed by atoms with Crippen molar-refractivity contribution in [2.24, 2.45) is 0 Å². The molecule has 68 valence electrons. The molecule has 0 aliphatic heterocycles. The van der Waals surface area contributed by atoms with Gasteiger partial charge in [0.2, 0.25) is 0 Å². The summed E-state index contributed by atoms with van der Waals surface area (Å²) in [5.41, 5.74) is 2.27. The third kappa shape index (κ3) is 1.30. The van der Waals surface area contributed by atoms with E-state index in [4.69, 9.17) is 0 Å². The van der Waals surface area contributed by atoms with Crippen LogP contribution in [0.25, 0.3) is 5.52 Å². The monoisotopic (exact) mass is 175 g/mol. The highest BCUT2D eigenvalue weighted by Gasteiger charge is 2.09. The standard InChI is InChI=1S/C10H13N3/c1-3-8(2)10-9-6-11-4-5-13(9)7-12-10/h4-8H,3H2,1-2H3. The second-order valence-corrected chi connectivity index (χ2v) is 3.31. The molecule has 1 atom stereocenters. The number of hydrogen-bond donors (Lipinski definition) is 0. The Hall–Kier alpha value is -1.38. The van der Waals surface area contributed by atoms with Gasteiger partial charge in [-0.15, -0.1) is 0 Å². The van der Waals surface area contributed by atoms with E-state index in [1.807, 2.05) is 23.1 Å². The van der Waals surface area contributed by atoms with Crippen LogP contribution in [0.1, 0.15) is 31.9 Å². The van der Waals surface area contributed by atoms with Crippen LogP contribution in [0.5, 0.6) is 0 Å². The lowest BCUT2D eigenvalue weighted by atomic mass is 10.1. The van der Waals surface area contributed by atoms with E-state index in [2.05, 4.69) is 23.8 Å². The Labute approximate surface area is 77.4 Å². The van der Waals surface area contributed by atoms with Crippen molar-refractivity contribution in [2.75, 3.05) is 0 Å². The summed E-state index contributed by atoms with van der Waals surface area (Å²) in [7, 11) is 0. The SMILES string of the molecule is CCC(C)c1ncn2ccncc12. The Morgan fingerprint density at radius 3 is 3.15 bits per heavy atom. The fraction of sp³-hybridized carbons (Fsp3) is 0.400. The predicted molar refractivity (Wildman–Crippen MR) is 51.7 cm³/mol. The zero-order valence-corrected chi connectivity index (χ0v) is 7.94. The lowest BCUT2D eigenvalue weighted by Gasteiger charge is -2.04. The van der Waals surface area contributed by atoms with E-state index in [1.165, 1.54) is 0 Å². The number of aromatic nitrogens is 3. The topological polar surface area (TPSA) is 30.2 Å². The van der Waals surface area contributed by atoms with E-state index >= 15 is 0 Å². The molecule has 0 aliphatic carbocycles. The summed E-state index contributed by atoms with van der Waals surface area (Å²) in [6.07, 6.45) is 8.53. The van der Waals surface area contributed by atoms with Gasteiger partial charge >= 0.3 is 0 Å². The van der Waals surface area contributed by atoms with E-state index in [0.29, 0.717) is 5.92 Å². The van der Waals surface area contributed by atoms with Gasteiger partial charge < -0.3 is 4.40 Å². The van der Waals surface area contributed by atoms with Crippen LogP contribution in [0.3, 0.4) is 0 Å². The summed E-state index contributed by atoms with van der Waals surface area (Å²) in [6, 6.07) is 0. The van der Waals surface area contributed by atoms with Gasteiger partial charge in [-0.1, -0.05) is 13.8 Å². The van der Waals surface area contributed by atoms with E-state index < -0.39 is 0 Å². The van der Waals surface area contributed by atoms with Crippen molar-refractivity contribution in [1.82, 2.24) is 14.4 Å². The fourth-order valence-corrected chi connectivity index (χ4v) is 1.43. The van der Waals surface area contributed by atoms with E-state index in [-0.39, 0.29) is 0 Å². The maximum Gasteiger partial charge on any atom is 0.0996 e. The van der Waals surface area contributed by atoms with Gasteiger partial charge in [-0.3, -0.25) is 4.98 Å². The molecule has 0 fully saturated rings. The van der Waals surface area contributed by atoms with E-state index in [0.717, 1.165) is 17.6 Å². The molecule has 0 amide bonds. The molecular formula is C10H13N3. The summed E-state index contributed by atoms with van der Waals surface area (Å²) in [5.74, 6) is 0.509. The number of fused-ring (bicyclic) bond motifs is 1. The summed E-state index contributed by atoms with van der Waals surface area (Å²) in [5, 5.41) is 0. The minimum Gasteiger partial charge on any atom is -0.303 e. The van der Waals surface area contributed by atoms with Gasteiger partial charge in [0.05, 0.1) is 23.7 Å². The Balaban J connectivity index is 2.57. The number of rotatable bonds is 2. The first kappa shape index (κ1) is 8.23. The van der Waals surface area contributed by atoms with Crippen LogP contribution in [-0.4, -0.2) is 14.4 Å². The molecule has 0 spiro atoms. The number of nitrogens with zero attached hydrogens (tertiary/aromatic N) is 3. The quantitative estimate of drug-likeness (QED) is 0.700. The van der Waals surface area contributed by atoms with Crippen molar-refractivity contribution in [3.63, 3.8) is 0 Å². The van der Waals surface area contributed by atoms with Crippen LogP contribution < -0.4 is 0 Å². The molecule has 1 unspecified atom stereocenters. The van der Waals surface area contributed by atoms with Crippen LogP contribution in [0.15, 0.2) is 24.9 Å². The molecular weight excluding hydrogens is 162 g/mol. The highest BCUT2D eigenvalue weighted by Crippen LogP contribution is 2.20. The molecule has 0 aromatic carbocycles. The smallest absolute Gasteiger partial charge is 0.0996 e. The molecule has 2 aromatic heterocycles. The molecule has 0 saturated carbocycles. The van der Waals surface area contributed by atoms with Crippen molar-refractivity contribution >= 4 is 5.52 Å². The first-order valence-electron chi connectivity index (χ1n) is 4.59. The molecule has 13 heavy (non-hydrogen) atoms. The second-order valence-electron chi connectivity index (χ2n) is 3.31. The maximum absolute atomic E-state index is 4.39. The van der Waals surface area contributed by atoms with Crippen LogP contribution in [0, 0.1) is 0 Å². The molecule has 2 rings (SSSR count). The number of imidazole rings is 1. The Morgan fingerprint density at radius 2 is 2.38 bits per heavy atom. The van der Waals surface area contributed by atoms with Crippen molar-refractivity contribution in [3.05, 3.63) is 30.6 Å². The van der Waals surface area contributed by atoms with E-state index in [9.17, 15) is 0 Å². The van der Waals surface area contributed by atoms with Crippen LogP contribution in [0.4, 0.5) is 0 Å². The number of hydrogen-bond acceptors (Lipinski definition) is 2. The second kappa shape index (κ2) is 3.17. The molecule has 3 heteroatoms. The van der Waals surface area contributed by atoms with Crippen molar-refractivity contribution in [2.45, 2.75) is 26.2 Å². The maximum atomic E-state index is 4.39. The van der Waals surface area contributed by atoms with Gasteiger partial charge in [-0.25, -0.2) is 4.98 Å². The molecule has 0 N–H and O–H groups in total. The first-order valence-corrected chi connectivity index (χ1v) is 4.59. The van der Waals surface area contributed by atoms with Gasteiger partial charge in [0.15, 0.2) is 0 Å². The fourth-order valence-electron chi connectivity index (χ4n) is 1.43. The summed E-state index contributed by atoms with van der Waals surface area (Å²) < 4.78 is 2.01. The summed E-state index contributed by atoms with van der Waals surface area (Å²) >= 11 is 0. The summed E-state index contributed by atoms with van der Waals surface area (Å²) in [6.45, 7) is 4.36. The minimum absolute atomic E-state index is 0.509. The third-order valence-electron chi connectivity index (χ3n) is 2.45. The normalized spacial score (nSPS) is 13.4. The van der Waals surface area contributed by atoms with Gasteiger partial charge in [-0.2, -0.15) is 0 Å². The van der Waals surface area contributed by atoms with Gasteiger partial charge in [0, 0.05) is 18.3 Å². The van der Waals surface area contributed by atoms with Gasteiger partial charge in [0.25, 0.3) is 0 Å². The largest absolute Gasteiger partial charge is 0.303 e. The zero-order valence-electron chi connectivity index (χ0n) is 7.94. The highest BCUT2D eigenvalue weighted by atomic mass is 15.0. The lowest BCUT2D eigenvalue weighted by Crippen LogP contribution is -1.93. The summed E-state index contributed by atoms with van der Waals surface area (Å²) in [4.78, 5) is 8.49. The zero-order chi connectivity index (χ0) is 9.26. The molecule has 0 saturated heterocycles. The minimum atomic E-state index is 0.509. The molecule has 2 heterocycles. The van der Waals surface area contributed by atoms with Crippen molar-refractivity contribution in [1.29, 1.82) is 0 Å². The molecule has 0 bridgehead atoms. The van der Waals surface area contributed by atoms with E-state index in [1.54, 1.807) is 6.20 Å². The average molecular weight is 175 g/mol. The third-order valence-corrected chi connectivity index (χ3v) is 2.45. The van der Waals surface area contributed by atoms with Gasteiger partial charge in [-0.05, 0) is 6.42 Å². The van der Waals surface area contributed by atoms with Crippen molar-refractivity contribution in [3.8, 4) is 0 Å². The Morgan fingerprint density at radius 1 is 1.54 bits per heavy atom. The molecule has 0 aliphatic rings. The van der Waals surface area contributed by atoms with Crippen LogP contribution >= 0.6 is 0 Å². The molecule has 0 radical (unpaired) electrons. The average Bonchev–Trinajstić information content (AvgIpc) is 2.60. The van der Waals surface area contributed by atoms with Crippen molar-refractivity contribution < 1.29 is 0 Å². The highest BCUT2D eigenvalue weighted by molar-refractivity contribution is 5.51. The lowest BCUT2D eigenvalue weighted by molar-refractivity contribution is 0.718. The Kier molecular flexibility index (Phi) is 2.00. The van der Waals surface area contributed by atoms with Gasteiger partial charge in [0.1, 0.15) is 0 Å². The van der Waals surface area contributed by atoms with Crippen LogP contribution in [-0.2, 0) is 0 Å². The Bertz CT molecular complexity index is 405. The first-order chi connectivity index (χ1) is 6.33. The predicted octanol–water partition coefficient (Wildman–Crippen LogP) is 2.24. The van der Waals surface area contributed by atoms with Crippen LogP contribution in [0.2, 0.25) is 0 Å². The molecule has 2 aromatic rings.